The molecule has 0 aliphatic carbocycles. The van der Waals surface area contributed by atoms with Crippen LogP contribution in [-0.4, -0.2) is 11.7 Å². The van der Waals surface area contributed by atoms with E-state index in [0.717, 1.165) is 17.7 Å². The van der Waals surface area contributed by atoms with Crippen molar-refractivity contribution in [3.8, 4) is 5.75 Å². The molecule has 16 heavy (non-hydrogen) atoms. The van der Waals surface area contributed by atoms with Crippen LogP contribution in [0.25, 0.3) is 0 Å². The second kappa shape index (κ2) is 5.35. The predicted molar refractivity (Wildman–Crippen MR) is 66.6 cm³/mol. The normalized spacial score (nSPS) is 13.6. The van der Waals surface area contributed by atoms with E-state index in [2.05, 4.69) is 20.8 Å². The smallest absolute Gasteiger partial charge is 0.119 e. The fraction of sp³-hybridized carbons (Fsp3) is 0.571. The summed E-state index contributed by atoms with van der Waals surface area (Å²) in [5.41, 5.74) is 1.19. The summed E-state index contributed by atoms with van der Waals surface area (Å²) in [5, 5.41) is 9.45. The summed E-state index contributed by atoms with van der Waals surface area (Å²) in [6.07, 6.45) is 0.581. The van der Waals surface area contributed by atoms with Gasteiger partial charge < -0.3 is 9.84 Å². The van der Waals surface area contributed by atoms with Gasteiger partial charge in [-0.2, -0.15) is 0 Å². The van der Waals surface area contributed by atoms with Gasteiger partial charge >= 0.3 is 0 Å². The molecule has 0 radical (unpaired) electrons. The highest BCUT2D eigenvalue weighted by Gasteiger charge is 2.10. The summed E-state index contributed by atoms with van der Waals surface area (Å²) >= 11 is 0. The molecule has 0 fully saturated rings. The molecule has 0 bridgehead atoms. The lowest BCUT2D eigenvalue weighted by molar-refractivity contribution is 0.197. The third-order valence-electron chi connectivity index (χ3n) is 2.46. The molecule has 1 atom stereocenters. The van der Waals surface area contributed by atoms with E-state index in [1.807, 2.05) is 24.3 Å². The summed E-state index contributed by atoms with van der Waals surface area (Å²) in [6, 6.07) is 7.64. The highest BCUT2D eigenvalue weighted by atomic mass is 16.5. The quantitative estimate of drug-likeness (QED) is 0.844. The summed E-state index contributed by atoms with van der Waals surface area (Å²) in [7, 11) is 0. The second-order valence-corrected chi connectivity index (χ2v) is 5.41. The van der Waals surface area contributed by atoms with Crippen LogP contribution in [0, 0.1) is 5.41 Å². The number of aliphatic hydroxyl groups excluding tert-OH is 1. The minimum Gasteiger partial charge on any atom is -0.494 e. The third-order valence-corrected chi connectivity index (χ3v) is 2.46. The standard InChI is InChI=1S/C14H22O2/c1-11(15)12-6-5-7-13(10-12)16-9-8-14(2,3)4/h5-7,10-11,15H,8-9H2,1-4H3/t11-/m1/s1. The lowest BCUT2D eigenvalue weighted by Gasteiger charge is -2.18. The molecular weight excluding hydrogens is 200 g/mol. The lowest BCUT2D eigenvalue weighted by atomic mass is 9.93. The van der Waals surface area contributed by atoms with Crippen molar-refractivity contribution in [2.45, 2.75) is 40.2 Å². The first-order valence-corrected chi connectivity index (χ1v) is 5.79. The fourth-order valence-electron chi connectivity index (χ4n) is 1.34. The molecule has 0 aliphatic rings. The monoisotopic (exact) mass is 222 g/mol. The Bertz CT molecular complexity index is 324. The second-order valence-electron chi connectivity index (χ2n) is 5.41. The van der Waals surface area contributed by atoms with Gasteiger partial charge in [-0.25, -0.2) is 0 Å². The van der Waals surface area contributed by atoms with Crippen molar-refractivity contribution in [2.75, 3.05) is 6.61 Å². The first-order valence-electron chi connectivity index (χ1n) is 5.79. The third kappa shape index (κ3) is 4.67. The number of ether oxygens (including phenoxy) is 1. The van der Waals surface area contributed by atoms with Crippen molar-refractivity contribution in [3.05, 3.63) is 29.8 Å². The van der Waals surface area contributed by atoms with E-state index in [1.165, 1.54) is 0 Å². The maximum Gasteiger partial charge on any atom is 0.119 e. The van der Waals surface area contributed by atoms with Crippen LogP contribution in [0.5, 0.6) is 5.75 Å². The van der Waals surface area contributed by atoms with Crippen molar-refractivity contribution in [1.29, 1.82) is 0 Å². The first-order chi connectivity index (χ1) is 7.38. The Hall–Kier alpha value is -1.02. The van der Waals surface area contributed by atoms with Gasteiger partial charge in [-0.1, -0.05) is 32.9 Å². The molecular formula is C14H22O2. The molecule has 2 nitrogen and oxygen atoms in total. The van der Waals surface area contributed by atoms with Gasteiger partial charge in [-0.05, 0) is 36.5 Å². The van der Waals surface area contributed by atoms with E-state index < -0.39 is 6.10 Å². The van der Waals surface area contributed by atoms with E-state index in [4.69, 9.17) is 4.74 Å². The lowest BCUT2D eigenvalue weighted by Crippen LogP contribution is -2.11. The summed E-state index contributed by atoms with van der Waals surface area (Å²) in [4.78, 5) is 0. The topological polar surface area (TPSA) is 29.5 Å². The summed E-state index contributed by atoms with van der Waals surface area (Å²) in [6.45, 7) is 9.06. The maximum absolute atomic E-state index is 9.45. The van der Waals surface area contributed by atoms with Crippen molar-refractivity contribution in [1.82, 2.24) is 0 Å². The van der Waals surface area contributed by atoms with Crippen LogP contribution < -0.4 is 4.74 Å². The molecule has 0 amide bonds. The molecule has 1 N–H and O–H groups in total. The van der Waals surface area contributed by atoms with Gasteiger partial charge in [0.1, 0.15) is 5.75 Å². The molecule has 0 heterocycles. The van der Waals surface area contributed by atoms with E-state index in [9.17, 15) is 5.11 Å². The Labute approximate surface area is 98.3 Å². The average molecular weight is 222 g/mol. The van der Waals surface area contributed by atoms with Gasteiger partial charge in [-0.15, -0.1) is 0 Å². The van der Waals surface area contributed by atoms with Gasteiger partial charge in [0.15, 0.2) is 0 Å². The Morgan fingerprint density at radius 3 is 2.56 bits per heavy atom. The zero-order chi connectivity index (χ0) is 12.2. The Morgan fingerprint density at radius 2 is 2.00 bits per heavy atom. The molecule has 0 saturated carbocycles. The number of benzene rings is 1. The molecule has 0 saturated heterocycles. The van der Waals surface area contributed by atoms with Gasteiger partial charge in [0.05, 0.1) is 12.7 Å². The fourth-order valence-corrected chi connectivity index (χ4v) is 1.34. The van der Waals surface area contributed by atoms with Crippen LogP contribution in [-0.2, 0) is 0 Å². The Kier molecular flexibility index (Phi) is 4.36. The molecule has 90 valence electrons. The Morgan fingerprint density at radius 1 is 1.31 bits per heavy atom. The van der Waals surface area contributed by atoms with E-state index in [1.54, 1.807) is 6.92 Å². The minimum absolute atomic E-state index is 0.294. The van der Waals surface area contributed by atoms with Crippen molar-refractivity contribution in [2.24, 2.45) is 5.41 Å². The van der Waals surface area contributed by atoms with Crippen LogP contribution in [0.4, 0.5) is 0 Å². The van der Waals surface area contributed by atoms with Crippen LogP contribution >= 0.6 is 0 Å². The molecule has 1 aromatic rings. The number of aliphatic hydroxyl groups is 1. The number of hydrogen-bond acceptors (Lipinski definition) is 2. The van der Waals surface area contributed by atoms with E-state index >= 15 is 0 Å². The van der Waals surface area contributed by atoms with E-state index in [0.29, 0.717) is 12.0 Å². The Balaban J connectivity index is 2.51. The highest BCUT2D eigenvalue weighted by Crippen LogP contribution is 2.21. The zero-order valence-corrected chi connectivity index (χ0v) is 10.7. The number of hydrogen-bond donors (Lipinski definition) is 1. The van der Waals surface area contributed by atoms with Crippen LogP contribution in [0.1, 0.15) is 45.8 Å². The van der Waals surface area contributed by atoms with Crippen LogP contribution in [0.15, 0.2) is 24.3 Å². The van der Waals surface area contributed by atoms with E-state index in [-0.39, 0.29) is 0 Å². The molecule has 0 unspecified atom stereocenters. The summed E-state index contributed by atoms with van der Waals surface area (Å²) < 4.78 is 5.66. The van der Waals surface area contributed by atoms with Crippen molar-refractivity contribution in [3.63, 3.8) is 0 Å². The average Bonchev–Trinajstić information content (AvgIpc) is 2.16. The van der Waals surface area contributed by atoms with Crippen LogP contribution in [0.2, 0.25) is 0 Å². The SMILES string of the molecule is C[C@@H](O)c1cccc(OCCC(C)(C)C)c1. The summed E-state index contributed by atoms with van der Waals surface area (Å²) in [5.74, 6) is 0.836. The van der Waals surface area contributed by atoms with Crippen molar-refractivity contribution >= 4 is 0 Å². The van der Waals surface area contributed by atoms with Gasteiger partial charge in [-0.3, -0.25) is 0 Å². The largest absolute Gasteiger partial charge is 0.494 e. The van der Waals surface area contributed by atoms with Gasteiger partial charge in [0.2, 0.25) is 0 Å². The zero-order valence-electron chi connectivity index (χ0n) is 10.7. The highest BCUT2D eigenvalue weighted by molar-refractivity contribution is 5.29. The maximum atomic E-state index is 9.45. The molecule has 1 aromatic carbocycles. The molecule has 1 rings (SSSR count). The molecule has 2 heteroatoms. The molecule has 0 spiro atoms. The molecule has 0 aromatic heterocycles. The molecule has 0 aliphatic heterocycles. The van der Waals surface area contributed by atoms with Crippen LogP contribution in [0.3, 0.4) is 0 Å². The first kappa shape index (κ1) is 13.0. The minimum atomic E-state index is -0.439. The van der Waals surface area contributed by atoms with Gasteiger partial charge in [0.25, 0.3) is 0 Å². The van der Waals surface area contributed by atoms with Crippen molar-refractivity contribution < 1.29 is 9.84 Å². The predicted octanol–water partition coefficient (Wildman–Crippen LogP) is 3.55. The van der Waals surface area contributed by atoms with Gasteiger partial charge in [0, 0.05) is 0 Å². The number of rotatable bonds is 4.